The van der Waals surface area contributed by atoms with Crippen LogP contribution in [0.1, 0.15) is 69.4 Å². The van der Waals surface area contributed by atoms with Crippen LogP contribution < -0.4 is 51.1 Å². The molecule has 9 heterocycles. The normalized spacial score (nSPS) is 13.5. The van der Waals surface area contributed by atoms with Gasteiger partial charge in [0.05, 0.1) is 84.8 Å². The Morgan fingerprint density at radius 2 is 1.56 bits per heavy atom. The minimum absolute atomic E-state index is 0.0599. The summed E-state index contributed by atoms with van der Waals surface area (Å²) in [5, 5.41) is 31.2. The first kappa shape index (κ1) is 89.1. The van der Waals surface area contributed by atoms with Crippen LogP contribution in [0.2, 0.25) is 5.02 Å². The SMILES string of the molecule is CCc1c(C(=O)NOCCO)cc(CN2OCCCC2=O)c(F)c1F.CS(=O)(=O)CCNCc1ccc(-c2ccc3ncnc(Nc4ccc(OCc5cccc(F)c5)c(Cl)c4)c3c2)o1.CS(=O)(=O)N1CCc2c(-c3cnc(N)nc3)nc(N3CCOCC3)nc21.Cc1ccc(Nc2nccc(N(C)c3ccc4c(C)n(C)nc4c3)n2)cc1S(N)(=O)=O. The van der Waals surface area contributed by atoms with Gasteiger partial charge in [-0.1, -0.05) is 36.7 Å². The van der Waals surface area contributed by atoms with Gasteiger partial charge < -0.3 is 50.5 Å². The van der Waals surface area contributed by atoms with Crippen molar-refractivity contribution in [3.8, 4) is 28.3 Å². The number of furan rings is 1. The van der Waals surface area contributed by atoms with E-state index in [1.807, 2.05) is 90.1 Å². The number of sulfone groups is 1. The number of ether oxygens (including phenoxy) is 2. The van der Waals surface area contributed by atoms with Gasteiger partial charge in [-0.3, -0.25) is 28.3 Å². The number of primary sulfonamides is 1. The molecule has 2 fully saturated rings. The number of aromatic nitrogens is 10. The van der Waals surface area contributed by atoms with E-state index in [2.05, 4.69) is 61.4 Å². The van der Waals surface area contributed by atoms with Crippen molar-refractivity contribution in [2.75, 3.05) is 115 Å². The van der Waals surface area contributed by atoms with Gasteiger partial charge in [0.15, 0.2) is 17.5 Å². The minimum Gasteiger partial charge on any atom is -0.487 e. The molecule has 0 aliphatic carbocycles. The lowest BCUT2D eigenvalue weighted by molar-refractivity contribution is -0.202. The molecule has 41 heteroatoms. The van der Waals surface area contributed by atoms with Crippen LogP contribution in [0.25, 0.3) is 44.4 Å². The Kier molecular flexibility index (Phi) is 28.9. The van der Waals surface area contributed by atoms with Crippen LogP contribution >= 0.6 is 11.6 Å². The van der Waals surface area contributed by atoms with Gasteiger partial charge in [-0.05, 0) is 147 Å². The summed E-state index contributed by atoms with van der Waals surface area (Å²) in [6.07, 6.45) is 10.2. The fourth-order valence-corrected chi connectivity index (χ4v) is 15.5. The predicted octanol–water partition coefficient (Wildman–Crippen LogP) is 10.2. The average molecular weight is 1750 g/mol. The van der Waals surface area contributed by atoms with E-state index in [-0.39, 0.29) is 84.2 Å². The highest BCUT2D eigenvalue weighted by molar-refractivity contribution is 7.92. The molecule has 3 aliphatic rings. The van der Waals surface area contributed by atoms with E-state index < -0.39 is 47.4 Å². The van der Waals surface area contributed by atoms with E-state index in [4.69, 9.17) is 56.1 Å². The summed E-state index contributed by atoms with van der Waals surface area (Å²) in [6.45, 7) is 8.63. The van der Waals surface area contributed by atoms with Gasteiger partial charge in [-0.25, -0.2) is 84.0 Å². The smallest absolute Gasteiger partial charge is 0.275 e. The molecule has 0 saturated carbocycles. The Morgan fingerprint density at radius 1 is 0.787 bits per heavy atom. The highest BCUT2D eigenvalue weighted by atomic mass is 35.5. The summed E-state index contributed by atoms with van der Waals surface area (Å²) in [5.41, 5.74) is 16.4. The maximum atomic E-state index is 14.3. The molecular weight excluding hydrogens is 1670 g/mol. The molecule has 2 amide bonds. The number of aryl methyl sites for hydroxylation is 3. The zero-order valence-electron chi connectivity index (χ0n) is 67.3. The predicted molar refractivity (Wildman–Crippen MR) is 454 cm³/mol. The molecule has 9 N–H and O–H groups in total. The average Bonchev–Trinajstić information content (AvgIpc) is 1.59. The number of hydrogen-bond donors (Lipinski definition) is 7. The van der Waals surface area contributed by atoms with Crippen LogP contribution in [0, 0.1) is 31.3 Å². The number of aliphatic hydroxyl groups excluding tert-OH is 1. The van der Waals surface area contributed by atoms with Crippen molar-refractivity contribution in [2.45, 2.75) is 71.0 Å². The number of hydrogen-bond acceptors (Lipinski definition) is 29. The molecule has 0 radical (unpaired) electrons. The molecule has 15 rings (SSSR count). The van der Waals surface area contributed by atoms with Gasteiger partial charge in [0.2, 0.25) is 43.8 Å². The number of anilines is 9. The number of sulfonamides is 2. The monoisotopic (exact) mass is 1750 g/mol. The molecule has 0 unspecified atom stereocenters. The number of carbonyl (C=O) groups excluding carboxylic acids is 2. The van der Waals surface area contributed by atoms with Crippen LogP contribution in [-0.2, 0) is 88.7 Å². The minimum atomic E-state index is -3.82. The molecule has 122 heavy (non-hydrogen) atoms. The molecular formula is C81H88ClF3N20O14S3. The molecule has 0 atom stereocenters. The fraction of sp³-hybridized carbons (Fsp3) is 0.296. The van der Waals surface area contributed by atoms with Crippen molar-refractivity contribution < 1.29 is 76.7 Å². The van der Waals surface area contributed by atoms with Crippen LogP contribution in [-0.4, -0.2) is 181 Å². The van der Waals surface area contributed by atoms with E-state index >= 15 is 0 Å². The molecule has 642 valence electrons. The van der Waals surface area contributed by atoms with Crippen molar-refractivity contribution in [1.29, 1.82) is 0 Å². The number of hydroxylamine groups is 3. The molecule has 6 aromatic carbocycles. The number of fused-ring (bicyclic) bond motifs is 3. The van der Waals surface area contributed by atoms with Crippen molar-refractivity contribution >= 4 is 127 Å². The zero-order valence-corrected chi connectivity index (χ0v) is 70.5. The van der Waals surface area contributed by atoms with E-state index in [0.29, 0.717) is 151 Å². The van der Waals surface area contributed by atoms with Crippen LogP contribution in [0.15, 0.2) is 156 Å². The van der Waals surface area contributed by atoms with Gasteiger partial charge in [0.1, 0.15) is 57.5 Å². The molecule has 34 nitrogen and oxygen atoms in total. The first-order valence-electron chi connectivity index (χ1n) is 38.1. The second-order valence-corrected chi connectivity index (χ2v) is 34.3. The van der Waals surface area contributed by atoms with Crippen LogP contribution in [0.3, 0.4) is 0 Å². The summed E-state index contributed by atoms with van der Waals surface area (Å²) in [7, 11) is -6.43. The number of nitrogens with zero attached hydrogens (tertiary/aromatic N) is 14. The van der Waals surface area contributed by atoms with Crippen molar-refractivity contribution in [2.24, 2.45) is 12.2 Å². The largest absolute Gasteiger partial charge is 0.487 e. The lowest BCUT2D eigenvalue weighted by Crippen LogP contribution is -2.38. The summed E-state index contributed by atoms with van der Waals surface area (Å²) in [5.74, 6) is 0.900. The number of nitrogen functional groups attached to an aromatic ring is 1. The zero-order chi connectivity index (χ0) is 87.2. The molecule has 2 saturated heterocycles. The number of amides is 2. The summed E-state index contributed by atoms with van der Waals surface area (Å²) in [4.78, 5) is 72.7. The Bertz CT molecular complexity index is 6180. The third-order valence-electron chi connectivity index (χ3n) is 19.4. The number of morpholine rings is 1. The van der Waals surface area contributed by atoms with E-state index in [9.17, 15) is 48.0 Å². The highest BCUT2D eigenvalue weighted by Gasteiger charge is 2.34. The van der Waals surface area contributed by atoms with Gasteiger partial charge in [-0.2, -0.15) is 15.1 Å². The second-order valence-electron chi connectivity index (χ2n) is 28.2. The fourth-order valence-electron chi connectivity index (χ4n) is 13.0. The van der Waals surface area contributed by atoms with Gasteiger partial charge >= 0.3 is 0 Å². The lowest BCUT2D eigenvalue weighted by atomic mass is 9.99. The number of carbonyl (C=O) groups is 2. The van der Waals surface area contributed by atoms with Gasteiger partial charge in [0.25, 0.3) is 5.91 Å². The standard InChI is InChI=1S/C29H26ClFN4O4S.C21H23N7O2S.C16H20F2N2O5.C15H19N7O3S/c1-40(36,37)12-11-32-16-23-7-10-27(39-23)20-5-8-26-24(14-20)29(34-18-33-26)35-22-6-9-28(25(30)15-22)38-17-19-3-2-4-21(31)13-19;1-13-5-6-15(11-19(13)31(22,29)30)24-21-23-10-9-20(25-21)27(3)16-7-8-17-14(2)28(4)26-18(17)12-16;1-2-11-12(16(23)19-24-7-5-21)8-10(14(17)15(11)18)9-20-13(22)4-3-6-25-20;1-26(23,24)22-3-2-11-12(10-8-17-14(16)18-9-10)19-15(20-13(11)22)21-4-6-25-7-5-21/h2-10,13-15,18,32H,11-12,16-17H2,1H3,(H,33,34,35);5-12H,1-4H3,(H2,22,29,30)(H,23,24,25);8,21H,2-7,9H2,1H3,(H,19,23);8-9H,2-7H2,1H3,(H2,16,17,18). The van der Waals surface area contributed by atoms with E-state index in [0.717, 1.165) is 49.4 Å². The second kappa shape index (κ2) is 39.6. The maximum Gasteiger partial charge on any atom is 0.275 e. The first-order chi connectivity index (χ1) is 58.3. The number of nitrogens with two attached hydrogens (primary N) is 2. The number of benzene rings is 6. The number of nitrogens with one attached hydrogen (secondary N) is 4. The molecule has 0 spiro atoms. The lowest BCUT2D eigenvalue weighted by Gasteiger charge is -2.28. The van der Waals surface area contributed by atoms with Crippen LogP contribution in [0.5, 0.6) is 5.75 Å². The topological polar surface area (TPSA) is 441 Å². The van der Waals surface area contributed by atoms with E-state index in [1.54, 1.807) is 74.9 Å². The maximum absolute atomic E-state index is 14.3. The Balaban J connectivity index is 0.000000151. The Morgan fingerprint density at radius 3 is 2.28 bits per heavy atom. The molecule has 12 aromatic rings. The summed E-state index contributed by atoms with van der Waals surface area (Å²) < 4.78 is 133. The van der Waals surface area contributed by atoms with Crippen LogP contribution in [0.4, 0.5) is 65.5 Å². The van der Waals surface area contributed by atoms with Crippen molar-refractivity contribution in [1.82, 2.24) is 65.5 Å². The van der Waals surface area contributed by atoms with E-state index in [1.165, 1.54) is 47.4 Å². The first-order valence-corrected chi connectivity index (χ1v) is 43.9. The highest BCUT2D eigenvalue weighted by Crippen LogP contribution is 2.39. The third kappa shape index (κ3) is 22.7. The molecule has 6 aromatic heterocycles. The molecule has 3 aliphatic heterocycles. The number of halogens is 4. The Labute approximate surface area is 705 Å². The van der Waals surface area contributed by atoms with Gasteiger partial charge in [-0.15, -0.1) is 0 Å². The van der Waals surface area contributed by atoms with Gasteiger partial charge in [0, 0.05) is 138 Å². The quantitative estimate of drug-likeness (QED) is 0.0196. The van der Waals surface area contributed by atoms with Crippen molar-refractivity contribution in [3.63, 3.8) is 0 Å². The third-order valence-corrected chi connectivity index (χ3v) is 22.8. The number of rotatable bonds is 26. The summed E-state index contributed by atoms with van der Waals surface area (Å²) >= 11 is 6.47. The van der Waals surface area contributed by atoms with Crippen molar-refractivity contribution in [3.05, 3.63) is 214 Å². The molecule has 0 bridgehead atoms. The Hall–Kier alpha value is -12.1. The number of aliphatic hydroxyl groups is 1. The summed E-state index contributed by atoms with van der Waals surface area (Å²) in [6, 6.07) is 34.9.